The van der Waals surface area contributed by atoms with Gasteiger partial charge in [0.15, 0.2) is 12.0 Å². The number of hydrogen-bond acceptors (Lipinski definition) is 4. The van der Waals surface area contributed by atoms with E-state index in [4.69, 9.17) is 10.2 Å². The molecule has 0 aliphatic rings. The third-order valence-electron chi connectivity index (χ3n) is 2.39. The van der Waals surface area contributed by atoms with E-state index in [2.05, 4.69) is 17.2 Å². The Bertz CT molecular complexity index is 438. The number of benzene rings is 1. The van der Waals surface area contributed by atoms with E-state index in [9.17, 15) is 0 Å². The number of anilines is 1. The van der Waals surface area contributed by atoms with Crippen molar-refractivity contribution in [2.75, 3.05) is 18.4 Å². The molecule has 1 unspecified atom stereocenters. The van der Waals surface area contributed by atoms with Crippen LogP contribution in [0.5, 0.6) is 0 Å². The molecule has 15 heavy (non-hydrogen) atoms. The highest BCUT2D eigenvalue weighted by atomic mass is 16.3. The largest absolute Gasteiger partial charge is 0.443 e. The summed E-state index contributed by atoms with van der Waals surface area (Å²) in [5.74, 6) is 0.468. The van der Waals surface area contributed by atoms with Crippen molar-refractivity contribution >= 4 is 16.8 Å². The lowest BCUT2D eigenvalue weighted by molar-refractivity contribution is 0.602. The smallest absolute Gasteiger partial charge is 0.181 e. The highest BCUT2D eigenvalue weighted by molar-refractivity contribution is 5.76. The molecule has 0 saturated heterocycles. The molecule has 4 heteroatoms. The zero-order chi connectivity index (χ0) is 10.7. The van der Waals surface area contributed by atoms with Gasteiger partial charge in [0.25, 0.3) is 0 Å². The third kappa shape index (κ3) is 2.27. The summed E-state index contributed by atoms with van der Waals surface area (Å²) in [5.41, 5.74) is 8.27. The molecular formula is C11H15N3O. The average Bonchev–Trinajstić information content (AvgIpc) is 2.72. The van der Waals surface area contributed by atoms with Crippen LogP contribution < -0.4 is 11.1 Å². The number of fused-ring (bicyclic) bond motifs is 1. The minimum Gasteiger partial charge on any atom is -0.443 e. The molecule has 1 atom stereocenters. The van der Waals surface area contributed by atoms with Crippen LogP contribution in [0.15, 0.2) is 29.0 Å². The Morgan fingerprint density at radius 1 is 1.53 bits per heavy atom. The molecule has 2 aromatic rings. The maximum Gasteiger partial charge on any atom is 0.181 e. The third-order valence-corrected chi connectivity index (χ3v) is 2.39. The van der Waals surface area contributed by atoms with Crippen LogP contribution in [0, 0.1) is 5.92 Å². The number of nitrogens with zero attached hydrogens (tertiary/aromatic N) is 1. The molecule has 1 heterocycles. The standard InChI is InChI=1S/C11H15N3O/c1-8(5-12)6-13-9-2-3-10-11(4-9)15-7-14-10/h2-4,7-8,13H,5-6,12H2,1H3. The van der Waals surface area contributed by atoms with Crippen LogP contribution in [0.25, 0.3) is 11.1 Å². The van der Waals surface area contributed by atoms with Gasteiger partial charge in [0, 0.05) is 18.3 Å². The molecule has 0 aliphatic carbocycles. The summed E-state index contributed by atoms with van der Waals surface area (Å²) >= 11 is 0. The molecule has 0 radical (unpaired) electrons. The highest BCUT2D eigenvalue weighted by Gasteiger charge is 2.01. The fraction of sp³-hybridized carbons (Fsp3) is 0.364. The second kappa shape index (κ2) is 4.31. The van der Waals surface area contributed by atoms with Crippen LogP contribution in [-0.2, 0) is 0 Å². The van der Waals surface area contributed by atoms with Gasteiger partial charge in [-0.15, -0.1) is 0 Å². The molecule has 80 valence electrons. The van der Waals surface area contributed by atoms with Crippen LogP contribution in [0.1, 0.15) is 6.92 Å². The van der Waals surface area contributed by atoms with Gasteiger partial charge in [-0.3, -0.25) is 0 Å². The normalized spacial score (nSPS) is 12.9. The van der Waals surface area contributed by atoms with Crippen LogP contribution in [-0.4, -0.2) is 18.1 Å². The Morgan fingerprint density at radius 2 is 2.40 bits per heavy atom. The SMILES string of the molecule is CC(CN)CNc1ccc2ncoc2c1. The summed E-state index contributed by atoms with van der Waals surface area (Å²) in [6.07, 6.45) is 1.46. The second-order valence-corrected chi connectivity index (χ2v) is 3.76. The van der Waals surface area contributed by atoms with Crippen LogP contribution in [0.4, 0.5) is 5.69 Å². The molecule has 1 aromatic carbocycles. The van der Waals surface area contributed by atoms with Crippen LogP contribution >= 0.6 is 0 Å². The monoisotopic (exact) mass is 205 g/mol. The van der Waals surface area contributed by atoms with Crippen molar-refractivity contribution in [2.24, 2.45) is 11.7 Å². The highest BCUT2D eigenvalue weighted by Crippen LogP contribution is 2.17. The Balaban J connectivity index is 2.08. The first-order valence-corrected chi connectivity index (χ1v) is 5.07. The van der Waals surface area contributed by atoms with Gasteiger partial charge in [-0.2, -0.15) is 0 Å². The number of oxazole rings is 1. The lowest BCUT2D eigenvalue weighted by Gasteiger charge is -2.10. The van der Waals surface area contributed by atoms with Gasteiger partial charge in [-0.25, -0.2) is 4.98 Å². The number of nitrogens with one attached hydrogen (secondary N) is 1. The van der Waals surface area contributed by atoms with Crippen molar-refractivity contribution in [3.63, 3.8) is 0 Å². The molecule has 4 nitrogen and oxygen atoms in total. The van der Waals surface area contributed by atoms with Crippen molar-refractivity contribution in [3.8, 4) is 0 Å². The summed E-state index contributed by atoms with van der Waals surface area (Å²) in [5, 5.41) is 3.31. The van der Waals surface area contributed by atoms with Gasteiger partial charge in [0.2, 0.25) is 0 Å². The van der Waals surface area contributed by atoms with Gasteiger partial charge in [0.1, 0.15) is 5.52 Å². The van der Waals surface area contributed by atoms with Crippen molar-refractivity contribution in [3.05, 3.63) is 24.6 Å². The molecule has 0 bridgehead atoms. The van der Waals surface area contributed by atoms with E-state index in [0.29, 0.717) is 12.5 Å². The molecular weight excluding hydrogens is 190 g/mol. The molecule has 3 N–H and O–H groups in total. The lowest BCUT2D eigenvalue weighted by Crippen LogP contribution is -2.19. The summed E-state index contributed by atoms with van der Waals surface area (Å²) < 4.78 is 5.22. The minimum atomic E-state index is 0.468. The maximum absolute atomic E-state index is 5.54. The van der Waals surface area contributed by atoms with Crippen molar-refractivity contribution in [1.82, 2.24) is 4.98 Å². The quantitative estimate of drug-likeness (QED) is 0.799. The number of aromatic nitrogens is 1. The Morgan fingerprint density at radius 3 is 3.20 bits per heavy atom. The zero-order valence-electron chi connectivity index (χ0n) is 8.73. The lowest BCUT2D eigenvalue weighted by atomic mass is 10.2. The van der Waals surface area contributed by atoms with Gasteiger partial charge < -0.3 is 15.5 Å². The van der Waals surface area contributed by atoms with Crippen LogP contribution in [0.2, 0.25) is 0 Å². The predicted octanol–water partition coefficient (Wildman–Crippen LogP) is 1.83. The molecule has 0 amide bonds. The second-order valence-electron chi connectivity index (χ2n) is 3.76. The number of hydrogen-bond donors (Lipinski definition) is 2. The van der Waals surface area contributed by atoms with Crippen LogP contribution in [0.3, 0.4) is 0 Å². The molecule has 0 fully saturated rings. The van der Waals surface area contributed by atoms with E-state index in [-0.39, 0.29) is 0 Å². The van der Waals surface area contributed by atoms with E-state index in [1.165, 1.54) is 6.39 Å². The Hall–Kier alpha value is -1.55. The molecule has 0 saturated carbocycles. The first-order chi connectivity index (χ1) is 7.29. The molecule has 1 aromatic heterocycles. The van der Waals surface area contributed by atoms with Gasteiger partial charge >= 0.3 is 0 Å². The van der Waals surface area contributed by atoms with Crippen molar-refractivity contribution in [1.29, 1.82) is 0 Å². The summed E-state index contributed by atoms with van der Waals surface area (Å²) in [6, 6.07) is 5.88. The van der Waals surface area contributed by atoms with Gasteiger partial charge in [0.05, 0.1) is 0 Å². The minimum absolute atomic E-state index is 0.468. The van der Waals surface area contributed by atoms with E-state index < -0.39 is 0 Å². The van der Waals surface area contributed by atoms with E-state index in [1.807, 2.05) is 18.2 Å². The van der Waals surface area contributed by atoms with E-state index in [1.54, 1.807) is 0 Å². The first-order valence-electron chi connectivity index (χ1n) is 5.07. The summed E-state index contributed by atoms with van der Waals surface area (Å²) in [4.78, 5) is 4.06. The summed E-state index contributed by atoms with van der Waals surface area (Å²) in [7, 11) is 0. The molecule has 0 spiro atoms. The number of nitrogens with two attached hydrogens (primary N) is 1. The Kier molecular flexibility index (Phi) is 2.87. The molecule has 2 rings (SSSR count). The van der Waals surface area contributed by atoms with Gasteiger partial charge in [-0.05, 0) is 24.6 Å². The first kappa shape index (κ1) is 9.98. The topological polar surface area (TPSA) is 64.1 Å². The predicted molar refractivity (Wildman–Crippen MR) is 60.7 cm³/mol. The Labute approximate surface area is 88.5 Å². The molecule has 0 aliphatic heterocycles. The maximum atomic E-state index is 5.54. The number of rotatable bonds is 4. The average molecular weight is 205 g/mol. The van der Waals surface area contributed by atoms with E-state index in [0.717, 1.165) is 23.3 Å². The fourth-order valence-corrected chi connectivity index (χ4v) is 1.34. The van der Waals surface area contributed by atoms with Gasteiger partial charge in [-0.1, -0.05) is 6.92 Å². The summed E-state index contributed by atoms with van der Waals surface area (Å²) in [6.45, 7) is 3.67. The van der Waals surface area contributed by atoms with Crippen molar-refractivity contribution in [2.45, 2.75) is 6.92 Å². The fourth-order valence-electron chi connectivity index (χ4n) is 1.34. The van der Waals surface area contributed by atoms with Crippen molar-refractivity contribution < 1.29 is 4.42 Å². The zero-order valence-corrected chi connectivity index (χ0v) is 8.73. The van der Waals surface area contributed by atoms with E-state index >= 15 is 0 Å².